The van der Waals surface area contributed by atoms with E-state index in [0.29, 0.717) is 0 Å². The Kier molecular flexibility index (Phi) is 5.68. The molecule has 0 amide bonds. The van der Waals surface area contributed by atoms with Crippen LogP contribution in [0.4, 0.5) is 0 Å². The Morgan fingerprint density at radius 1 is 1.16 bits per heavy atom. The number of esters is 1. The molecule has 0 fully saturated rings. The van der Waals surface area contributed by atoms with Gasteiger partial charge in [0.05, 0.1) is 30.8 Å². The number of benzene rings is 1. The minimum absolute atomic E-state index is 0.205. The van der Waals surface area contributed by atoms with Crippen LogP contribution in [0.1, 0.15) is 20.8 Å². The van der Waals surface area contributed by atoms with E-state index < -0.39 is 22.4 Å². The molecule has 1 aromatic carbocycles. The van der Waals surface area contributed by atoms with Gasteiger partial charge in [0.25, 0.3) is 0 Å². The Hall–Kier alpha value is -0.290. The van der Waals surface area contributed by atoms with E-state index in [1.807, 2.05) is 0 Å². The van der Waals surface area contributed by atoms with Crippen LogP contribution in [0.15, 0.2) is 17.0 Å². The van der Waals surface area contributed by atoms with Gasteiger partial charge in [0.1, 0.15) is 11.4 Å². The molecule has 0 saturated carbocycles. The summed E-state index contributed by atoms with van der Waals surface area (Å²) >= 11 is 17.5. The minimum Gasteiger partial charge on any atom is -0.459 e. The van der Waals surface area contributed by atoms with Crippen LogP contribution >= 0.6 is 34.8 Å². The third-order valence-electron chi connectivity index (χ3n) is 1.89. The monoisotopic (exact) mass is 342 g/mol. The second-order valence-electron chi connectivity index (χ2n) is 4.77. The summed E-state index contributed by atoms with van der Waals surface area (Å²) in [4.78, 5) is 11.9. The van der Waals surface area contributed by atoms with E-state index in [-0.39, 0.29) is 25.7 Å². The summed E-state index contributed by atoms with van der Waals surface area (Å²) in [6, 6.07) is 2.79. The summed E-state index contributed by atoms with van der Waals surface area (Å²) in [6.45, 7) is 5.21. The lowest BCUT2D eigenvalue weighted by Crippen LogP contribution is -2.27. The molecule has 1 unspecified atom stereocenters. The first-order valence-corrected chi connectivity index (χ1v) is 7.80. The predicted molar refractivity (Wildman–Crippen MR) is 78.6 cm³/mol. The summed E-state index contributed by atoms with van der Waals surface area (Å²) in [5.41, 5.74) is -0.622. The van der Waals surface area contributed by atoms with Crippen LogP contribution in [0.25, 0.3) is 0 Å². The average molecular weight is 344 g/mol. The van der Waals surface area contributed by atoms with Crippen molar-refractivity contribution in [3.8, 4) is 0 Å². The van der Waals surface area contributed by atoms with Crippen LogP contribution in [0.3, 0.4) is 0 Å². The van der Waals surface area contributed by atoms with E-state index in [1.165, 1.54) is 12.1 Å². The van der Waals surface area contributed by atoms with Gasteiger partial charge in [-0.2, -0.15) is 0 Å². The van der Waals surface area contributed by atoms with E-state index in [1.54, 1.807) is 20.8 Å². The second kappa shape index (κ2) is 6.44. The Labute approximate surface area is 129 Å². The van der Waals surface area contributed by atoms with Crippen molar-refractivity contribution in [2.75, 3.05) is 5.75 Å². The van der Waals surface area contributed by atoms with Crippen molar-refractivity contribution in [1.29, 1.82) is 0 Å². The fraction of sp³-hybridized carbons (Fsp3) is 0.417. The zero-order chi connectivity index (χ0) is 14.8. The molecule has 0 bridgehead atoms. The van der Waals surface area contributed by atoms with Gasteiger partial charge in [-0.15, -0.1) is 0 Å². The largest absolute Gasteiger partial charge is 0.459 e. The molecule has 0 N–H and O–H groups in total. The predicted octanol–water partition coefficient (Wildman–Crippen LogP) is 4.10. The second-order valence-corrected chi connectivity index (χ2v) is 7.41. The third-order valence-corrected chi connectivity index (χ3v) is 4.36. The molecule has 0 saturated heterocycles. The topological polar surface area (TPSA) is 43.4 Å². The van der Waals surface area contributed by atoms with Crippen molar-refractivity contribution >= 4 is 51.6 Å². The van der Waals surface area contributed by atoms with Crippen LogP contribution in [-0.2, 0) is 20.3 Å². The quantitative estimate of drug-likeness (QED) is 0.613. The van der Waals surface area contributed by atoms with Crippen LogP contribution < -0.4 is 0 Å². The molecule has 0 aliphatic carbocycles. The Bertz CT molecular complexity index is 524. The molecule has 0 radical (unpaired) electrons. The van der Waals surface area contributed by atoms with Crippen LogP contribution in [-0.4, -0.2) is 21.5 Å². The lowest BCUT2D eigenvalue weighted by atomic mass is 10.2. The highest BCUT2D eigenvalue weighted by atomic mass is 35.5. The minimum atomic E-state index is -1.63. The van der Waals surface area contributed by atoms with Crippen molar-refractivity contribution in [2.24, 2.45) is 0 Å². The standard InChI is InChI=1S/C12H13Cl3O3S/c1-12(2,3)18-11(16)6-19(17)10-5-8(14)7(13)4-9(10)15/h4-5H,6H2,1-3H3. The van der Waals surface area contributed by atoms with Gasteiger partial charge >= 0.3 is 5.97 Å². The molecular formula is C12H13Cl3O3S. The van der Waals surface area contributed by atoms with Crippen LogP contribution in [0.5, 0.6) is 0 Å². The third kappa shape index (κ3) is 5.30. The molecule has 0 heterocycles. The van der Waals surface area contributed by atoms with Crippen molar-refractivity contribution in [3.05, 3.63) is 27.2 Å². The maximum absolute atomic E-state index is 12.0. The lowest BCUT2D eigenvalue weighted by Gasteiger charge is -2.19. The molecule has 19 heavy (non-hydrogen) atoms. The van der Waals surface area contributed by atoms with E-state index >= 15 is 0 Å². The molecule has 0 spiro atoms. The fourth-order valence-corrected chi connectivity index (χ4v) is 3.06. The van der Waals surface area contributed by atoms with E-state index in [9.17, 15) is 9.00 Å². The highest BCUT2D eigenvalue weighted by molar-refractivity contribution is 7.85. The van der Waals surface area contributed by atoms with Crippen molar-refractivity contribution in [2.45, 2.75) is 31.3 Å². The highest BCUT2D eigenvalue weighted by Crippen LogP contribution is 2.31. The van der Waals surface area contributed by atoms with Gasteiger partial charge in [-0.3, -0.25) is 9.00 Å². The lowest BCUT2D eigenvalue weighted by molar-refractivity contribution is -0.151. The Morgan fingerprint density at radius 3 is 2.21 bits per heavy atom. The number of carbonyl (C=O) groups excluding carboxylic acids is 1. The molecule has 7 heteroatoms. The summed E-state index contributed by atoms with van der Waals surface area (Å²) in [5, 5.41) is 0.708. The van der Waals surface area contributed by atoms with Gasteiger partial charge in [0.15, 0.2) is 0 Å². The summed E-state index contributed by atoms with van der Waals surface area (Å²) in [7, 11) is -1.63. The summed E-state index contributed by atoms with van der Waals surface area (Å²) < 4.78 is 17.1. The number of halogens is 3. The summed E-state index contributed by atoms with van der Waals surface area (Å²) in [5.74, 6) is -0.845. The summed E-state index contributed by atoms with van der Waals surface area (Å²) in [6.07, 6.45) is 0. The molecule has 106 valence electrons. The molecule has 1 rings (SSSR count). The smallest absolute Gasteiger partial charge is 0.319 e. The maximum Gasteiger partial charge on any atom is 0.319 e. The molecule has 1 atom stereocenters. The SMILES string of the molecule is CC(C)(C)OC(=O)CS(=O)c1cc(Cl)c(Cl)cc1Cl. The van der Waals surface area contributed by atoms with Crippen LogP contribution in [0.2, 0.25) is 15.1 Å². The van der Waals surface area contributed by atoms with Crippen molar-refractivity contribution in [3.63, 3.8) is 0 Å². The van der Waals surface area contributed by atoms with E-state index in [4.69, 9.17) is 39.5 Å². The van der Waals surface area contributed by atoms with E-state index in [2.05, 4.69) is 0 Å². The van der Waals surface area contributed by atoms with Gasteiger partial charge < -0.3 is 4.74 Å². The molecule has 3 nitrogen and oxygen atoms in total. The van der Waals surface area contributed by atoms with Crippen LogP contribution in [0, 0.1) is 0 Å². The maximum atomic E-state index is 12.0. The first-order valence-electron chi connectivity index (χ1n) is 5.35. The number of carbonyl (C=O) groups is 1. The van der Waals surface area contributed by atoms with E-state index in [0.717, 1.165) is 0 Å². The first-order chi connectivity index (χ1) is 8.60. The highest BCUT2D eigenvalue weighted by Gasteiger charge is 2.20. The van der Waals surface area contributed by atoms with Crippen molar-refractivity contribution < 1.29 is 13.7 Å². The molecule has 0 aromatic heterocycles. The Balaban J connectivity index is 2.85. The van der Waals surface area contributed by atoms with Gasteiger partial charge in [0, 0.05) is 0 Å². The van der Waals surface area contributed by atoms with Gasteiger partial charge in [-0.25, -0.2) is 0 Å². The molecule has 0 aliphatic heterocycles. The normalized spacial score (nSPS) is 13.2. The fourth-order valence-electron chi connectivity index (χ4n) is 1.23. The van der Waals surface area contributed by atoms with Crippen molar-refractivity contribution in [1.82, 2.24) is 0 Å². The molecular weight excluding hydrogens is 331 g/mol. The van der Waals surface area contributed by atoms with Gasteiger partial charge in [-0.05, 0) is 32.9 Å². The van der Waals surface area contributed by atoms with Gasteiger partial charge in [0.2, 0.25) is 0 Å². The number of rotatable bonds is 3. The average Bonchev–Trinajstić information content (AvgIpc) is 2.20. The Morgan fingerprint density at radius 2 is 1.68 bits per heavy atom. The number of hydrogen-bond acceptors (Lipinski definition) is 3. The molecule has 1 aromatic rings. The number of ether oxygens (including phenoxy) is 1. The zero-order valence-electron chi connectivity index (χ0n) is 10.6. The molecule has 0 aliphatic rings. The zero-order valence-corrected chi connectivity index (χ0v) is 13.7. The van der Waals surface area contributed by atoms with Gasteiger partial charge in [-0.1, -0.05) is 34.8 Å². The first kappa shape index (κ1) is 16.8. The number of hydrogen-bond donors (Lipinski definition) is 0.